The molecule has 4 nitrogen and oxygen atoms in total. The number of aliphatic hydroxyl groups is 2. The molecule has 6 atom stereocenters. The number of hydrogen-bond donors (Lipinski definition) is 2. The van der Waals surface area contributed by atoms with E-state index < -0.39 is 11.5 Å². The summed E-state index contributed by atoms with van der Waals surface area (Å²) < 4.78 is 5.49. The summed E-state index contributed by atoms with van der Waals surface area (Å²) >= 11 is 0. The van der Waals surface area contributed by atoms with Crippen LogP contribution in [0.15, 0.2) is 18.2 Å². The topological polar surface area (TPSA) is 66.8 Å². The Morgan fingerprint density at radius 2 is 2.04 bits per heavy atom. The van der Waals surface area contributed by atoms with Gasteiger partial charge in [-0.2, -0.15) is 0 Å². The molecule has 2 unspecified atom stereocenters. The molecule has 1 aromatic carbocycles. The third-order valence-electron chi connectivity index (χ3n) is 7.44. The van der Waals surface area contributed by atoms with Crippen LogP contribution in [-0.4, -0.2) is 29.7 Å². The van der Waals surface area contributed by atoms with E-state index in [1.165, 1.54) is 0 Å². The number of carbonyl (C=O) groups is 1. The Hall–Kier alpha value is -1.39. The van der Waals surface area contributed by atoms with E-state index >= 15 is 0 Å². The number of ether oxygens (including phenoxy) is 1. The van der Waals surface area contributed by atoms with E-state index in [2.05, 4.69) is 6.92 Å². The fourth-order valence-corrected chi connectivity index (χ4v) is 6.16. The van der Waals surface area contributed by atoms with E-state index in [4.69, 9.17) is 4.74 Å². The molecule has 0 amide bonds. The van der Waals surface area contributed by atoms with Crippen LogP contribution in [0, 0.1) is 16.7 Å². The smallest absolute Gasteiger partial charge is 0.130 e. The summed E-state index contributed by atoms with van der Waals surface area (Å²) in [5.41, 5.74) is 0.762. The minimum absolute atomic E-state index is 0.0339. The number of aliphatic hydroxyl groups excluding tert-OH is 2. The second kappa shape index (κ2) is 5.30. The predicted octanol–water partition coefficient (Wildman–Crippen LogP) is 2.97. The number of aldehydes is 1. The molecule has 2 N–H and O–H groups in total. The van der Waals surface area contributed by atoms with Gasteiger partial charge in [0.25, 0.3) is 0 Å². The van der Waals surface area contributed by atoms with Crippen LogP contribution in [-0.2, 0) is 4.79 Å². The van der Waals surface area contributed by atoms with Crippen molar-refractivity contribution in [3.63, 3.8) is 0 Å². The normalized spacial score (nSPS) is 43.5. The van der Waals surface area contributed by atoms with Gasteiger partial charge in [-0.05, 0) is 55.1 Å². The monoisotopic (exact) mass is 330 g/mol. The molecule has 4 rings (SSSR count). The summed E-state index contributed by atoms with van der Waals surface area (Å²) in [5, 5.41) is 21.4. The van der Waals surface area contributed by atoms with Crippen LogP contribution in [0.4, 0.5) is 0 Å². The predicted molar refractivity (Wildman–Crippen MR) is 89.9 cm³/mol. The fraction of sp³-hybridized carbons (Fsp3) is 0.650. The van der Waals surface area contributed by atoms with Gasteiger partial charge in [0, 0.05) is 11.5 Å². The van der Waals surface area contributed by atoms with E-state index in [0.29, 0.717) is 12.2 Å². The summed E-state index contributed by atoms with van der Waals surface area (Å²) in [6, 6.07) is 5.85. The van der Waals surface area contributed by atoms with E-state index in [1.54, 1.807) is 7.11 Å². The Labute approximate surface area is 142 Å². The highest BCUT2D eigenvalue weighted by atomic mass is 16.5. The first-order valence-electron chi connectivity index (χ1n) is 8.99. The maximum atomic E-state index is 12.5. The number of hydrogen-bond acceptors (Lipinski definition) is 4. The van der Waals surface area contributed by atoms with Crippen molar-refractivity contribution in [1.29, 1.82) is 0 Å². The highest BCUT2D eigenvalue weighted by molar-refractivity contribution is 5.71. The Morgan fingerprint density at radius 1 is 1.25 bits per heavy atom. The average Bonchev–Trinajstić information content (AvgIpc) is 2.86. The van der Waals surface area contributed by atoms with Crippen LogP contribution in [0.2, 0.25) is 0 Å². The summed E-state index contributed by atoms with van der Waals surface area (Å²) in [6.07, 6.45) is 4.01. The Bertz CT molecular complexity index is 672. The number of rotatable bonds is 2. The lowest BCUT2D eigenvalue weighted by atomic mass is 9.45. The van der Waals surface area contributed by atoms with Crippen molar-refractivity contribution in [1.82, 2.24) is 0 Å². The molecule has 0 saturated heterocycles. The molecule has 24 heavy (non-hydrogen) atoms. The molecule has 3 aliphatic rings. The van der Waals surface area contributed by atoms with Crippen molar-refractivity contribution in [2.24, 2.45) is 16.7 Å². The molecule has 1 aromatic rings. The molecule has 2 fully saturated rings. The van der Waals surface area contributed by atoms with E-state index in [1.807, 2.05) is 18.2 Å². The third-order valence-corrected chi connectivity index (χ3v) is 7.44. The molecule has 2 saturated carbocycles. The lowest BCUT2D eigenvalue weighted by Gasteiger charge is -2.59. The maximum absolute atomic E-state index is 12.5. The van der Waals surface area contributed by atoms with Gasteiger partial charge in [-0.25, -0.2) is 0 Å². The molecule has 3 aliphatic carbocycles. The molecule has 0 radical (unpaired) electrons. The minimum Gasteiger partial charge on any atom is -0.496 e. The maximum Gasteiger partial charge on any atom is 0.130 e. The molecule has 0 aliphatic heterocycles. The van der Waals surface area contributed by atoms with E-state index in [9.17, 15) is 15.0 Å². The molecule has 0 aromatic heterocycles. The van der Waals surface area contributed by atoms with Crippen LogP contribution in [0.1, 0.15) is 62.2 Å². The van der Waals surface area contributed by atoms with Crippen molar-refractivity contribution >= 4 is 6.29 Å². The van der Waals surface area contributed by atoms with Crippen LogP contribution in [0.5, 0.6) is 5.75 Å². The summed E-state index contributed by atoms with van der Waals surface area (Å²) in [5.74, 6) is 0.982. The molecule has 130 valence electrons. The van der Waals surface area contributed by atoms with Crippen molar-refractivity contribution < 1.29 is 19.7 Å². The van der Waals surface area contributed by atoms with Gasteiger partial charge in [0.1, 0.15) is 12.0 Å². The standard InChI is InChI=1S/C20H26O4/c1-19-9-8-13(22)10-12(19)6-7-15-14-4-3-5-16(24-2)17(14)18(23)20(15,19)11-21/h3-5,11-13,15,18,22-23H,6-10H2,1-2H3/t12-,13+,15-,18?,19-,20?/m0/s1. The second-order valence-corrected chi connectivity index (χ2v) is 8.09. The number of carbonyl (C=O) groups excluding carboxylic acids is 1. The number of methoxy groups -OCH3 is 1. The molecule has 0 bridgehead atoms. The Balaban J connectivity index is 1.90. The van der Waals surface area contributed by atoms with Crippen LogP contribution >= 0.6 is 0 Å². The highest BCUT2D eigenvalue weighted by Gasteiger charge is 2.67. The molecule has 0 spiro atoms. The quantitative estimate of drug-likeness (QED) is 0.818. The van der Waals surface area contributed by atoms with Crippen LogP contribution in [0.25, 0.3) is 0 Å². The first-order valence-corrected chi connectivity index (χ1v) is 8.99. The fourth-order valence-electron chi connectivity index (χ4n) is 6.16. The second-order valence-electron chi connectivity index (χ2n) is 8.09. The van der Waals surface area contributed by atoms with Gasteiger partial charge in [0.2, 0.25) is 0 Å². The van der Waals surface area contributed by atoms with Gasteiger partial charge >= 0.3 is 0 Å². The van der Waals surface area contributed by atoms with Crippen molar-refractivity contribution in [3.8, 4) is 5.75 Å². The number of benzene rings is 1. The van der Waals surface area contributed by atoms with Gasteiger partial charge < -0.3 is 19.7 Å². The highest BCUT2D eigenvalue weighted by Crippen LogP contribution is 2.72. The van der Waals surface area contributed by atoms with Gasteiger partial charge in [-0.1, -0.05) is 19.1 Å². The lowest BCUT2D eigenvalue weighted by Crippen LogP contribution is -2.56. The number of fused-ring (bicyclic) bond motifs is 5. The van der Waals surface area contributed by atoms with Gasteiger partial charge in [-0.15, -0.1) is 0 Å². The van der Waals surface area contributed by atoms with Gasteiger partial charge in [0.05, 0.1) is 24.7 Å². The summed E-state index contributed by atoms with van der Waals surface area (Å²) in [4.78, 5) is 12.5. The zero-order valence-corrected chi connectivity index (χ0v) is 14.4. The van der Waals surface area contributed by atoms with Crippen LogP contribution < -0.4 is 4.74 Å². The SMILES string of the molecule is COc1cccc2c1C(O)C1(C=O)[C@H]2CC[C@H]2C[C@H](O)CC[C@@]21C. The summed E-state index contributed by atoms with van der Waals surface area (Å²) in [6.45, 7) is 2.16. The van der Waals surface area contributed by atoms with Crippen molar-refractivity contribution in [2.75, 3.05) is 7.11 Å². The van der Waals surface area contributed by atoms with Crippen LogP contribution in [0.3, 0.4) is 0 Å². The Morgan fingerprint density at radius 3 is 2.75 bits per heavy atom. The van der Waals surface area contributed by atoms with E-state index in [0.717, 1.165) is 43.1 Å². The largest absolute Gasteiger partial charge is 0.496 e. The first-order chi connectivity index (χ1) is 11.5. The van der Waals surface area contributed by atoms with E-state index in [-0.39, 0.29) is 23.4 Å². The molecule has 0 heterocycles. The summed E-state index contributed by atoms with van der Waals surface area (Å²) in [7, 11) is 1.61. The third kappa shape index (κ3) is 1.73. The van der Waals surface area contributed by atoms with Crippen molar-refractivity contribution in [3.05, 3.63) is 29.3 Å². The van der Waals surface area contributed by atoms with Crippen molar-refractivity contribution in [2.45, 2.75) is 57.2 Å². The molecule has 4 heteroatoms. The Kier molecular flexibility index (Phi) is 3.56. The lowest BCUT2D eigenvalue weighted by molar-refractivity contribution is -0.169. The first kappa shape index (κ1) is 16.1. The molecular formula is C20H26O4. The average molecular weight is 330 g/mol. The van der Waals surface area contributed by atoms with Gasteiger partial charge in [0.15, 0.2) is 0 Å². The zero-order valence-electron chi connectivity index (χ0n) is 14.4. The minimum atomic E-state index is -0.839. The molecular weight excluding hydrogens is 304 g/mol. The van der Waals surface area contributed by atoms with Gasteiger partial charge in [-0.3, -0.25) is 0 Å². The zero-order chi connectivity index (χ0) is 17.1.